The van der Waals surface area contributed by atoms with Crippen LogP contribution in [0.25, 0.3) is 6.08 Å². The number of unbranched alkanes of at least 4 members (excludes halogenated alkanes) is 1. The zero-order chi connectivity index (χ0) is 22.1. The summed E-state index contributed by atoms with van der Waals surface area (Å²) in [5.41, 5.74) is 2.77. The molecule has 0 radical (unpaired) electrons. The highest BCUT2D eigenvalue weighted by Crippen LogP contribution is 2.21. The quantitative estimate of drug-likeness (QED) is 0.141. The molecule has 3 rings (SSSR count). The van der Waals surface area contributed by atoms with E-state index < -0.39 is 5.97 Å². The van der Waals surface area contributed by atoms with Crippen molar-refractivity contribution in [2.75, 3.05) is 6.61 Å². The van der Waals surface area contributed by atoms with Gasteiger partial charge in [0.1, 0.15) is 11.5 Å². The van der Waals surface area contributed by atoms with Crippen LogP contribution in [0.3, 0.4) is 0 Å². The lowest BCUT2D eigenvalue weighted by Crippen LogP contribution is -2.06. The Labute approximate surface area is 183 Å². The molecule has 0 atom stereocenters. The van der Waals surface area contributed by atoms with Gasteiger partial charge >= 0.3 is 5.97 Å². The first-order chi connectivity index (χ1) is 15.1. The lowest BCUT2D eigenvalue weighted by molar-refractivity contribution is -0.128. The Kier molecular flexibility index (Phi) is 7.77. The topological polar surface area (TPSA) is 52.6 Å². The minimum Gasteiger partial charge on any atom is -0.494 e. The van der Waals surface area contributed by atoms with E-state index in [-0.39, 0.29) is 5.78 Å². The normalized spacial score (nSPS) is 10.8. The summed E-state index contributed by atoms with van der Waals surface area (Å²) in [6.45, 7) is 4.63. The van der Waals surface area contributed by atoms with Gasteiger partial charge in [0.05, 0.1) is 6.61 Å². The molecule has 0 aliphatic heterocycles. The highest BCUT2D eigenvalue weighted by molar-refractivity contribution is 6.09. The fraction of sp³-hybridized carbons (Fsp3) is 0.185. The third-order valence-electron chi connectivity index (χ3n) is 4.74. The Morgan fingerprint density at radius 3 is 2.32 bits per heavy atom. The maximum atomic E-state index is 12.6. The molecule has 3 aromatic carbocycles. The Balaban J connectivity index is 1.59. The first-order valence-electron chi connectivity index (χ1n) is 10.4. The molecule has 3 aromatic rings. The summed E-state index contributed by atoms with van der Waals surface area (Å²) in [7, 11) is 0. The molecule has 0 unspecified atom stereocenters. The zero-order valence-corrected chi connectivity index (χ0v) is 17.8. The van der Waals surface area contributed by atoms with Crippen molar-refractivity contribution in [3.05, 3.63) is 101 Å². The van der Waals surface area contributed by atoms with E-state index in [0.29, 0.717) is 23.5 Å². The number of carbonyl (C=O) groups excluding carboxylic acids is 2. The molecule has 0 fully saturated rings. The van der Waals surface area contributed by atoms with Crippen LogP contribution in [0.15, 0.2) is 78.9 Å². The number of benzene rings is 3. The second-order valence-electron chi connectivity index (χ2n) is 7.20. The van der Waals surface area contributed by atoms with E-state index in [1.165, 1.54) is 6.08 Å². The molecule has 0 saturated carbocycles. The molecule has 4 heteroatoms. The molecule has 0 aromatic heterocycles. The van der Waals surface area contributed by atoms with E-state index in [4.69, 9.17) is 9.47 Å². The van der Waals surface area contributed by atoms with E-state index in [2.05, 4.69) is 6.92 Å². The molecule has 158 valence electrons. The molecular weight excluding hydrogens is 388 g/mol. The number of rotatable bonds is 9. The van der Waals surface area contributed by atoms with Crippen LogP contribution >= 0.6 is 0 Å². The molecule has 0 N–H and O–H groups in total. The summed E-state index contributed by atoms with van der Waals surface area (Å²) in [5, 5.41) is 0. The van der Waals surface area contributed by atoms with Gasteiger partial charge in [0, 0.05) is 17.2 Å². The van der Waals surface area contributed by atoms with Crippen molar-refractivity contribution in [3.63, 3.8) is 0 Å². The number of hydrogen-bond donors (Lipinski definition) is 0. The molecule has 31 heavy (non-hydrogen) atoms. The Morgan fingerprint density at radius 2 is 1.65 bits per heavy atom. The van der Waals surface area contributed by atoms with Crippen molar-refractivity contribution in [2.45, 2.75) is 26.7 Å². The Bertz CT molecular complexity index is 1050. The van der Waals surface area contributed by atoms with Gasteiger partial charge in [-0.2, -0.15) is 0 Å². The summed E-state index contributed by atoms with van der Waals surface area (Å²) in [5.74, 6) is 0.699. The van der Waals surface area contributed by atoms with E-state index in [0.717, 1.165) is 29.7 Å². The molecule has 0 saturated heterocycles. The highest BCUT2D eigenvalue weighted by atomic mass is 16.5. The maximum Gasteiger partial charge on any atom is 0.336 e. The van der Waals surface area contributed by atoms with Gasteiger partial charge in [-0.15, -0.1) is 0 Å². The molecule has 0 spiro atoms. The molecule has 0 amide bonds. The average Bonchev–Trinajstić information content (AvgIpc) is 2.80. The molecule has 4 nitrogen and oxygen atoms in total. The Hall–Kier alpha value is -3.66. The van der Waals surface area contributed by atoms with Crippen molar-refractivity contribution in [2.24, 2.45) is 0 Å². The zero-order valence-electron chi connectivity index (χ0n) is 17.8. The van der Waals surface area contributed by atoms with Crippen LogP contribution in [-0.4, -0.2) is 18.4 Å². The Morgan fingerprint density at radius 1 is 0.903 bits per heavy atom. The highest BCUT2D eigenvalue weighted by Gasteiger charge is 2.12. The van der Waals surface area contributed by atoms with Gasteiger partial charge in [-0.3, -0.25) is 4.79 Å². The second-order valence-corrected chi connectivity index (χ2v) is 7.20. The van der Waals surface area contributed by atoms with Gasteiger partial charge in [-0.05, 0) is 60.9 Å². The molecule has 0 aliphatic rings. The van der Waals surface area contributed by atoms with Gasteiger partial charge in [0.25, 0.3) is 0 Å². The lowest BCUT2D eigenvalue weighted by atomic mass is 10.0. The number of ketones is 1. The summed E-state index contributed by atoms with van der Waals surface area (Å²) < 4.78 is 11.1. The van der Waals surface area contributed by atoms with Crippen LogP contribution in [-0.2, 0) is 4.79 Å². The fourth-order valence-corrected chi connectivity index (χ4v) is 2.98. The van der Waals surface area contributed by atoms with Crippen LogP contribution in [0, 0.1) is 6.92 Å². The first-order valence-corrected chi connectivity index (χ1v) is 10.4. The number of carbonyl (C=O) groups is 2. The summed E-state index contributed by atoms with van der Waals surface area (Å²) in [6, 6.07) is 21.7. The number of aryl methyl sites for hydroxylation is 1. The van der Waals surface area contributed by atoms with Crippen LogP contribution < -0.4 is 9.47 Å². The van der Waals surface area contributed by atoms with Gasteiger partial charge in [0.15, 0.2) is 5.78 Å². The van der Waals surface area contributed by atoms with E-state index in [1.807, 2.05) is 49.4 Å². The summed E-state index contributed by atoms with van der Waals surface area (Å²) in [4.78, 5) is 24.8. The predicted octanol–water partition coefficient (Wildman–Crippen LogP) is 6.02. The van der Waals surface area contributed by atoms with E-state index in [1.54, 1.807) is 36.4 Å². The molecule has 0 bridgehead atoms. The average molecular weight is 415 g/mol. The number of esters is 1. The van der Waals surface area contributed by atoms with Crippen LogP contribution in [0.1, 0.15) is 46.8 Å². The fourth-order valence-electron chi connectivity index (χ4n) is 2.98. The van der Waals surface area contributed by atoms with Crippen LogP contribution in [0.4, 0.5) is 0 Å². The van der Waals surface area contributed by atoms with Crippen molar-refractivity contribution < 1.29 is 19.1 Å². The lowest BCUT2D eigenvalue weighted by Gasteiger charge is -2.08. The molecule has 0 aliphatic carbocycles. The smallest absolute Gasteiger partial charge is 0.336 e. The third-order valence-corrected chi connectivity index (χ3v) is 4.74. The van der Waals surface area contributed by atoms with Gasteiger partial charge < -0.3 is 9.47 Å². The van der Waals surface area contributed by atoms with Crippen LogP contribution in [0.5, 0.6) is 11.5 Å². The third kappa shape index (κ3) is 6.41. The van der Waals surface area contributed by atoms with Crippen molar-refractivity contribution in [1.82, 2.24) is 0 Å². The first kappa shape index (κ1) is 22.0. The van der Waals surface area contributed by atoms with E-state index in [9.17, 15) is 9.59 Å². The van der Waals surface area contributed by atoms with Gasteiger partial charge in [-0.1, -0.05) is 55.8 Å². The van der Waals surface area contributed by atoms with Gasteiger partial charge in [0.2, 0.25) is 0 Å². The molecular formula is C27H26O4. The minimum absolute atomic E-state index is 0.0661. The largest absolute Gasteiger partial charge is 0.494 e. The SMILES string of the molecule is CCCCOc1ccc(/C=C/C(=O)Oc2ccc(C(=O)c3ccccc3)cc2C)cc1. The summed E-state index contributed by atoms with van der Waals surface area (Å²) in [6.07, 6.45) is 5.19. The maximum absolute atomic E-state index is 12.6. The minimum atomic E-state index is -0.478. The number of ether oxygens (including phenoxy) is 2. The van der Waals surface area contributed by atoms with Crippen LogP contribution in [0.2, 0.25) is 0 Å². The standard InChI is InChI=1S/C27H26O4/c1-3-4-18-30-24-14-10-21(11-15-24)12-17-26(28)31-25-16-13-23(19-20(25)2)27(29)22-8-6-5-7-9-22/h5-17,19H,3-4,18H2,1-2H3/b17-12+. The summed E-state index contributed by atoms with van der Waals surface area (Å²) >= 11 is 0. The van der Waals surface area contributed by atoms with Crippen molar-refractivity contribution in [3.8, 4) is 11.5 Å². The second kappa shape index (κ2) is 10.9. The van der Waals surface area contributed by atoms with Crippen molar-refractivity contribution in [1.29, 1.82) is 0 Å². The molecule has 0 heterocycles. The van der Waals surface area contributed by atoms with Crippen molar-refractivity contribution >= 4 is 17.8 Å². The predicted molar refractivity (Wildman–Crippen MR) is 123 cm³/mol. The van der Waals surface area contributed by atoms with E-state index >= 15 is 0 Å². The van der Waals surface area contributed by atoms with Gasteiger partial charge in [-0.25, -0.2) is 4.79 Å². The monoisotopic (exact) mass is 414 g/mol. The number of hydrogen-bond acceptors (Lipinski definition) is 4.